The molecule has 0 heterocycles. The highest BCUT2D eigenvalue weighted by Gasteiger charge is 2.23. The second kappa shape index (κ2) is 6.38. The van der Waals surface area contributed by atoms with E-state index in [0.29, 0.717) is 12.6 Å². The van der Waals surface area contributed by atoms with Gasteiger partial charge < -0.3 is 14.8 Å². The molecule has 1 aliphatic rings. The zero-order valence-electron chi connectivity index (χ0n) is 9.58. The Bertz CT molecular complexity index is 152. The molecule has 0 aromatic rings. The smallest absolute Gasteiger partial charge is 0.0928 e. The van der Waals surface area contributed by atoms with E-state index in [9.17, 15) is 0 Å². The number of nitrogens with one attached hydrogen (secondary N) is 1. The zero-order valence-corrected chi connectivity index (χ0v) is 9.58. The molecular weight excluding hydrogens is 178 g/mol. The lowest BCUT2D eigenvalue weighted by molar-refractivity contribution is 0.0268. The maximum atomic E-state index is 5.30. The molecule has 3 unspecified atom stereocenters. The van der Waals surface area contributed by atoms with Crippen molar-refractivity contribution < 1.29 is 9.47 Å². The van der Waals surface area contributed by atoms with Crippen molar-refractivity contribution in [1.82, 2.24) is 5.32 Å². The van der Waals surface area contributed by atoms with Crippen molar-refractivity contribution in [2.24, 2.45) is 5.92 Å². The molecule has 1 fully saturated rings. The molecule has 3 heteroatoms. The molecule has 0 amide bonds. The maximum Gasteiger partial charge on any atom is 0.0928 e. The number of hydrogen-bond acceptors (Lipinski definition) is 3. The minimum absolute atomic E-state index is 0.188. The summed E-state index contributed by atoms with van der Waals surface area (Å²) in [6.07, 6.45) is 4.22. The Balaban J connectivity index is 2.17. The van der Waals surface area contributed by atoms with E-state index in [-0.39, 0.29) is 6.10 Å². The molecule has 0 spiro atoms. The van der Waals surface area contributed by atoms with Crippen LogP contribution in [0.4, 0.5) is 0 Å². The second-order valence-electron chi connectivity index (χ2n) is 4.24. The number of rotatable bonds is 6. The zero-order chi connectivity index (χ0) is 10.4. The normalized spacial score (nSPS) is 29.4. The van der Waals surface area contributed by atoms with Crippen LogP contribution in [0.25, 0.3) is 0 Å². The highest BCUT2D eigenvalue weighted by molar-refractivity contribution is 4.81. The van der Waals surface area contributed by atoms with Crippen molar-refractivity contribution in [3.8, 4) is 0 Å². The molecule has 14 heavy (non-hydrogen) atoms. The standard InChI is InChI=1S/C11H23NO2/c1-9-5-4-6-11(9)12-7-10(14-3)8-13-2/h9-12H,4-8H2,1-3H3. The van der Waals surface area contributed by atoms with Crippen LogP contribution in [0.2, 0.25) is 0 Å². The van der Waals surface area contributed by atoms with Gasteiger partial charge in [0.05, 0.1) is 12.7 Å². The van der Waals surface area contributed by atoms with Gasteiger partial charge in [0, 0.05) is 26.8 Å². The third-order valence-corrected chi connectivity index (χ3v) is 3.16. The van der Waals surface area contributed by atoms with Gasteiger partial charge in [-0.05, 0) is 18.8 Å². The first kappa shape index (κ1) is 12.0. The molecule has 0 aromatic carbocycles. The summed E-state index contributed by atoms with van der Waals surface area (Å²) in [5.41, 5.74) is 0. The van der Waals surface area contributed by atoms with Crippen LogP contribution in [-0.4, -0.2) is 39.5 Å². The minimum Gasteiger partial charge on any atom is -0.382 e. The van der Waals surface area contributed by atoms with Gasteiger partial charge >= 0.3 is 0 Å². The lowest BCUT2D eigenvalue weighted by Gasteiger charge is -2.21. The Morgan fingerprint density at radius 2 is 2.14 bits per heavy atom. The second-order valence-corrected chi connectivity index (χ2v) is 4.24. The van der Waals surface area contributed by atoms with Gasteiger partial charge in [-0.2, -0.15) is 0 Å². The molecule has 1 aliphatic carbocycles. The van der Waals surface area contributed by atoms with Crippen molar-refractivity contribution in [3.63, 3.8) is 0 Å². The molecule has 1 rings (SSSR count). The van der Waals surface area contributed by atoms with Gasteiger partial charge in [0.1, 0.15) is 0 Å². The predicted octanol–water partition coefficient (Wildman–Crippen LogP) is 1.43. The Morgan fingerprint density at radius 1 is 1.36 bits per heavy atom. The molecule has 84 valence electrons. The van der Waals surface area contributed by atoms with Crippen molar-refractivity contribution in [2.75, 3.05) is 27.4 Å². The topological polar surface area (TPSA) is 30.5 Å². The minimum atomic E-state index is 0.188. The summed E-state index contributed by atoms with van der Waals surface area (Å²) in [6.45, 7) is 3.90. The lowest BCUT2D eigenvalue weighted by Crippen LogP contribution is -2.39. The van der Waals surface area contributed by atoms with Crippen molar-refractivity contribution in [3.05, 3.63) is 0 Å². The molecule has 1 N–H and O–H groups in total. The van der Waals surface area contributed by atoms with E-state index in [1.54, 1.807) is 14.2 Å². The van der Waals surface area contributed by atoms with E-state index >= 15 is 0 Å². The first-order valence-corrected chi connectivity index (χ1v) is 5.53. The molecule has 3 atom stereocenters. The van der Waals surface area contributed by atoms with Crippen LogP contribution in [0.3, 0.4) is 0 Å². The Hall–Kier alpha value is -0.120. The van der Waals surface area contributed by atoms with E-state index < -0.39 is 0 Å². The van der Waals surface area contributed by atoms with E-state index in [2.05, 4.69) is 12.2 Å². The van der Waals surface area contributed by atoms with Crippen LogP contribution in [0.5, 0.6) is 0 Å². The van der Waals surface area contributed by atoms with Gasteiger partial charge in [-0.3, -0.25) is 0 Å². The fraction of sp³-hybridized carbons (Fsp3) is 1.00. The van der Waals surface area contributed by atoms with Gasteiger partial charge in [-0.1, -0.05) is 13.3 Å². The fourth-order valence-electron chi connectivity index (χ4n) is 2.13. The Morgan fingerprint density at radius 3 is 2.64 bits per heavy atom. The van der Waals surface area contributed by atoms with Crippen molar-refractivity contribution >= 4 is 0 Å². The first-order chi connectivity index (χ1) is 6.77. The summed E-state index contributed by atoms with van der Waals surface area (Å²) in [5.74, 6) is 0.815. The van der Waals surface area contributed by atoms with Crippen LogP contribution in [0.15, 0.2) is 0 Å². The highest BCUT2D eigenvalue weighted by atomic mass is 16.5. The van der Waals surface area contributed by atoms with E-state index in [0.717, 1.165) is 12.5 Å². The van der Waals surface area contributed by atoms with Crippen LogP contribution >= 0.6 is 0 Å². The van der Waals surface area contributed by atoms with Crippen molar-refractivity contribution in [1.29, 1.82) is 0 Å². The van der Waals surface area contributed by atoms with Crippen LogP contribution < -0.4 is 5.32 Å². The SMILES string of the molecule is COCC(CNC1CCCC1C)OC. The summed E-state index contributed by atoms with van der Waals surface area (Å²) in [7, 11) is 3.45. The van der Waals surface area contributed by atoms with Crippen molar-refractivity contribution in [2.45, 2.75) is 38.3 Å². The third-order valence-electron chi connectivity index (χ3n) is 3.16. The predicted molar refractivity (Wildman–Crippen MR) is 57.5 cm³/mol. The highest BCUT2D eigenvalue weighted by Crippen LogP contribution is 2.24. The summed E-state index contributed by atoms with van der Waals surface area (Å²) in [6, 6.07) is 0.685. The molecule has 0 saturated heterocycles. The van der Waals surface area contributed by atoms with Crippen LogP contribution in [-0.2, 0) is 9.47 Å². The fourth-order valence-corrected chi connectivity index (χ4v) is 2.13. The van der Waals surface area contributed by atoms with Gasteiger partial charge in [-0.25, -0.2) is 0 Å². The third kappa shape index (κ3) is 3.56. The van der Waals surface area contributed by atoms with E-state index in [1.165, 1.54) is 19.3 Å². The van der Waals surface area contributed by atoms with Crippen LogP contribution in [0, 0.1) is 5.92 Å². The lowest BCUT2D eigenvalue weighted by atomic mass is 10.1. The summed E-state index contributed by atoms with van der Waals surface area (Å²) in [4.78, 5) is 0. The molecule has 0 radical (unpaired) electrons. The van der Waals surface area contributed by atoms with E-state index in [1.807, 2.05) is 0 Å². The number of hydrogen-bond donors (Lipinski definition) is 1. The van der Waals surface area contributed by atoms with Gasteiger partial charge in [-0.15, -0.1) is 0 Å². The van der Waals surface area contributed by atoms with Gasteiger partial charge in [0.25, 0.3) is 0 Å². The molecule has 0 aliphatic heterocycles. The largest absolute Gasteiger partial charge is 0.382 e. The number of ether oxygens (including phenoxy) is 2. The van der Waals surface area contributed by atoms with Crippen LogP contribution in [0.1, 0.15) is 26.2 Å². The van der Waals surface area contributed by atoms with Gasteiger partial charge in [0.2, 0.25) is 0 Å². The quantitative estimate of drug-likeness (QED) is 0.705. The first-order valence-electron chi connectivity index (χ1n) is 5.53. The molecule has 0 bridgehead atoms. The monoisotopic (exact) mass is 201 g/mol. The summed E-state index contributed by atoms with van der Waals surface area (Å²) in [5, 5.41) is 3.56. The average Bonchev–Trinajstić information content (AvgIpc) is 2.59. The van der Waals surface area contributed by atoms with E-state index in [4.69, 9.17) is 9.47 Å². The molecule has 3 nitrogen and oxygen atoms in total. The molecule has 1 saturated carbocycles. The maximum absolute atomic E-state index is 5.30. The summed E-state index contributed by atoms with van der Waals surface area (Å²) < 4.78 is 10.4. The average molecular weight is 201 g/mol. The number of methoxy groups -OCH3 is 2. The molecular formula is C11H23NO2. The van der Waals surface area contributed by atoms with Gasteiger partial charge in [0.15, 0.2) is 0 Å². The Labute approximate surface area is 87.2 Å². The molecule has 0 aromatic heterocycles. The summed E-state index contributed by atoms with van der Waals surface area (Å²) >= 11 is 0. The Kier molecular flexibility index (Phi) is 5.45.